The Kier molecular flexibility index (Phi) is 4.99. The van der Waals surface area contributed by atoms with Crippen LogP contribution in [-0.4, -0.2) is 47.1 Å². The van der Waals surface area contributed by atoms with Crippen molar-refractivity contribution in [3.63, 3.8) is 0 Å². The highest BCUT2D eigenvalue weighted by Crippen LogP contribution is 2.17. The zero-order valence-corrected chi connectivity index (χ0v) is 14.0. The summed E-state index contributed by atoms with van der Waals surface area (Å²) in [7, 11) is 0. The molecule has 2 heterocycles. The van der Waals surface area contributed by atoms with E-state index < -0.39 is 0 Å². The van der Waals surface area contributed by atoms with Crippen molar-refractivity contribution in [2.24, 2.45) is 0 Å². The van der Waals surface area contributed by atoms with Crippen molar-refractivity contribution in [2.75, 3.05) is 31.1 Å². The summed E-state index contributed by atoms with van der Waals surface area (Å²) in [4.78, 5) is 20.1. The van der Waals surface area contributed by atoms with Crippen LogP contribution in [0.5, 0.6) is 5.75 Å². The number of aromatic nitrogens is 1. The molecule has 0 bridgehead atoms. The Morgan fingerprint density at radius 1 is 1.04 bits per heavy atom. The fourth-order valence-electron chi connectivity index (χ4n) is 2.97. The average Bonchev–Trinajstić information content (AvgIpc) is 2.62. The van der Waals surface area contributed by atoms with Gasteiger partial charge in [0.1, 0.15) is 5.75 Å². The van der Waals surface area contributed by atoms with Crippen LogP contribution in [0.25, 0.3) is 0 Å². The molecule has 1 saturated heterocycles. The van der Waals surface area contributed by atoms with E-state index in [0.717, 1.165) is 50.4 Å². The number of phenols is 1. The molecular weight excluding hydrogens is 302 g/mol. The van der Waals surface area contributed by atoms with Gasteiger partial charge in [-0.1, -0.05) is 12.1 Å². The maximum atomic E-state index is 11.4. The van der Waals surface area contributed by atoms with Crippen LogP contribution in [0.3, 0.4) is 0 Å². The van der Waals surface area contributed by atoms with Crippen molar-refractivity contribution in [1.82, 2.24) is 9.88 Å². The molecule has 1 fully saturated rings. The van der Waals surface area contributed by atoms with E-state index in [0.29, 0.717) is 5.75 Å². The number of anilines is 1. The molecule has 5 nitrogen and oxygen atoms in total. The first-order valence-electron chi connectivity index (χ1n) is 8.35. The minimum Gasteiger partial charge on any atom is -0.508 e. The fraction of sp³-hybridized carbons (Fsp3) is 0.368. The Balaban J connectivity index is 1.54. The number of aryl methyl sites for hydroxylation is 2. The maximum absolute atomic E-state index is 11.4. The van der Waals surface area contributed by atoms with Gasteiger partial charge in [0.15, 0.2) is 0 Å². The summed E-state index contributed by atoms with van der Waals surface area (Å²) >= 11 is 0. The molecule has 1 aromatic carbocycles. The van der Waals surface area contributed by atoms with Gasteiger partial charge in [-0.05, 0) is 42.7 Å². The number of rotatable bonds is 4. The van der Waals surface area contributed by atoms with Gasteiger partial charge < -0.3 is 14.9 Å². The van der Waals surface area contributed by atoms with Gasteiger partial charge >= 0.3 is 0 Å². The SMILES string of the molecule is CC(=O)N1CCN(c2ccc(CCc3ccc(O)cc3)nc2)CC1. The molecule has 0 spiro atoms. The number of pyridine rings is 1. The largest absolute Gasteiger partial charge is 0.508 e. The predicted molar refractivity (Wildman–Crippen MR) is 94.2 cm³/mol. The standard InChI is InChI=1S/C19H23N3O2/c1-15(23)21-10-12-22(13-11-21)18-7-6-17(20-14-18)5-2-16-3-8-19(24)9-4-16/h3-4,6-9,14,24H,2,5,10-13H2,1H3. The summed E-state index contributed by atoms with van der Waals surface area (Å²) in [5.41, 5.74) is 3.37. The Morgan fingerprint density at radius 2 is 1.75 bits per heavy atom. The van der Waals surface area contributed by atoms with Crippen molar-refractivity contribution in [1.29, 1.82) is 0 Å². The third-order valence-electron chi connectivity index (χ3n) is 4.51. The fourth-order valence-corrected chi connectivity index (χ4v) is 2.97. The molecule has 24 heavy (non-hydrogen) atoms. The third-order valence-corrected chi connectivity index (χ3v) is 4.51. The van der Waals surface area contributed by atoms with Gasteiger partial charge in [-0.3, -0.25) is 9.78 Å². The number of carbonyl (C=O) groups excluding carboxylic acids is 1. The molecule has 3 rings (SSSR count). The van der Waals surface area contributed by atoms with Crippen LogP contribution in [0.2, 0.25) is 0 Å². The lowest BCUT2D eigenvalue weighted by molar-refractivity contribution is -0.129. The van der Waals surface area contributed by atoms with Crippen LogP contribution in [0.1, 0.15) is 18.2 Å². The van der Waals surface area contributed by atoms with E-state index in [9.17, 15) is 9.90 Å². The highest BCUT2D eigenvalue weighted by atomic mass is 16.3. The molecule has 1 aromatic heterocycles. The number of nitrogens with zero attached hydrogens (tertiary/aromatic N) is 3. The van der Waals surface area contributed by atoms with E-state index in [4.69, 9.17) is 0 Å². The van der Waals surface area contributed by atoms with Crippen molar-refractivity contribution in [2.45, 2.75) is 19.8 Å². The number of carbonyl (C=O) groups is 1. The van der Waals surface area contributed by atoms with E-state index in [1.165, 1.54) is 5.56 Å². The second kappa shape index (κ2) is 7.34. The quantitative estimate of drug-likeness (QED) is 0.937. The third kappa shape index (κ3) is 4.04. The topological polar surface area (TPSA) is 56.7 Å². The lowest BCUT2D eigenvalue weighted by Gasteiger charge is -2.35. The first-order chi connectivity index (χ1) is 11.6. The number of phenolic OH excluding ortho intramolecular Hbond substituents is 1. The van der Waals surface area contributed by atoms with E-state index >= 15 is 0 Å². The Bertz CT molecular complexity index is 675. The summed E-state index contributed by atoms with van der Waals surface area (Å²) < 4.78 is 0. The number of benzene rings is 1. The zero-order valence-electron chi connectivity index (χ0n) is 14.0. The van der Waals surface area contributed by atoms with Crippen LogP contribution in [-0.2, 0) is 17.6 Å². The van der Waals surface area contributed by atoms with Gasteiger partial charge in [0.05, 0.1) is 11.9 Å². The van der Waals surface area contributed by atoms with Gasteiger partial charge in [0.25, 0.3) is 0 Å². The Labute approximate surface area is 142 Å². The van der Waals surface area contributed by atoms with Crippen LogP contribution in [0.4, 0.5) is 5.69 Å². The molecule has 1 aliphatic heterocycles. The van der Waals surface area contributed by atoms with Crippen molar-refractivity contribution in [3.05, 3.63) is 53.9 Å². The Hall–Kier alpha value is -2.56. The minimum absolute atomic E-state index is 0.150. The zero-order chi connectivity index (χ0) is 16.9. The van der Waals surface area contributed by atoms with Crippen LogP contribution < -0.4 is 4.90 Å². The molecule has 1 amide bonds. The summed E-state index contributed by atoms with van der Waals surface area (Å²) in [5.74, 6) is 0.448. The van der Waals surface area contributed by atoms with E-state index in [2.05, 4.69) is 22.0 Å². The lowest BCUT2D eigenvalue weighted by Crippen LogP contribution is -2.48. The maximum Gasteiger partial charge on any atom is 0.219 e. The first kappa shape index (κ1) is 16.3. The summed E-state index contributed by atoms with van der Waals surface area (Å²) in [5, 5.41) is 9.30. The first-order valence-corrected chi connectivity index (χ1v) is 8.35. The highest BCUT2D eigenvalue weighted by molar-refractivity contribution is 5.73. The normalized spacial score (nSPS) is 14.7. The van der Waals surface area contributed by atoms with Crippen LogP contribution in [0, 0.1) is 0 Å². The van der Waals surface area contributed by atoms with Crippen LogP contribution >= 0.6 is 0 Å². The molecular formula is C19H23N3O2. The Morgan fingerprint density at radius 3 is 2.33 bits per heavy atom. The second-order valence-corrected chi connectivity index (χ2v) is 6.17. The monoisotopic (exact) mass is 325 g/mol. The van der Waals surface area contributed by atoms with Crippen molar-refractivity contribution in [3.8, 4) is 5.75 Å². The smallest absolute Gasteiger partial charge is 0.219 e. The van der Waals surface area contributed by atoms with Gasteiger partial charge in [-0.2, -0.15) is 0 Å². The molecule has 0 aliphatic carbocycles. The summed E-state index contributed by atoms with van der Waals surface area (Å²) in [6.45, 7) is 4.89. The lowest BCUT2D eigenvalue weighted by atomic mass is 10.1. The van der Waals surface area contributed by atoms with Crippen LogP contribution in [0.15, 0.2) is 42.6 Å². The number of amides is 1. The molecule has 0 radical (unpaired) electrons. The number of hydrogen-bond acceptors (Lipinski definition) is 4. The summed E-state index contributed by atoms with van der Waals surface area (Å²) in [6, 6.07) is 11.5. The number of aromatic hydroxyl groups is 1. The molecule has 2 aromatic rings. The second-order valence-electron chi connectivity index (χ2n) is 6.17. The van der Waals surface area contributed by atoms with Gasteiger partial charge in [-0.25, -0.2) is 0 Å². The van der Waals surface area contributed by atoms with Crippen molar-refractivity contribution < 1.29 is 9.90 Å². The van der Waals surface area contributed by atoms with E-state index in [1.54, 1.807) is 19.1 Å². The highest BCUT2D eigenvalue weighted by Gasteiger charge is 2.18. The number of piperazine rings is 1. The molecule has 1 N–H and O–H groups in total. The molecule has 5 heteroatoms. The summed E-state index contributed by atoms with van der Waals surface area (Å²) in [6.07, 6.45) is 3.71. The van der Waals surface area contributed by atoms with Gasteiger partial charge in [0.2, 0.25) is 5.91 Å². The molecule has 0 unspecified atom stereocenters. The molecule has 0 atom stereocenters. The molecule has 1 aliphatic rings. The van der Waals surface area contributed by atoms with Gasteiger partial charge in [0, 0.05) is 38.8 Å². The minimum atomic E-state index is 0.150. The molecule has 126 valence electrons. The average molecular weight is 325 g/mol. The van der Waals surface area contributed by atoms with E-state index in [-0.39, 0.29) is 5.91 Å². The number of hydrogen-bond donors (Lipinski definition) is 1. The van der Waals surface area contributed by atoms with Gasteiger partial charge in [-0.15, -0.1) is 0 Å². The van der Waals surface area contributed by atoms with Crippen molar-refractivity contribution >= 4 is 11.6 Å². The van der Waals surface area contributed by atoms with E-state index in [1.807, 2.05) is 23.2 Å². The molecule has 0 saturated carbocycles. The predicted octanol–water partition coefficient (Wildman–Crippen LogP) is 2.24.